The third-order valence-corrected chi connectivity index (χ3v) is 145. The van der Waals surface area contributed by atoms with Gasteiger partial charge < -0.3 is 9.80 Å². The number of piperidine rings is 1. The molecule has 0 aliphatic carbocycles. The Morgan fingerprint density at radius 2 is 0.545 bits per heavy atom. The van der Waals surface area contributed by atoms with Crippen LogP contribution in [-0.4, -0.2) is 64.8 Å². The van der Waals surface area contributed by atoms with E-state index in [9.17, 15) is 9.59 Å². The van der Waals surface area contributed by atoms with Crippen LogP contribution in [0.2, 0.25) is 10.0 Å². The third kappa shape index (κ3) is 62.7. The van der Waals surface area contributed by atoms with Crippen molar-refractivity contribution in [2.45, 2.75) is 58.2 Å². The smallest absolute Gasteiger partial charge is 0.223 e. The highest BCUT2D eigenvalue weighted by Crippen LogP contribution is 2.34. The predicted octanol–water partition coefficient (Wildman–Crippen LogP) is 5.50. The second-order valence-electron chi connectivity index (χ2n) is 14.3. The normalized spacial score (nSPS) is 12.8. The summed E-state index contributed by atoms with van der Waals surface area (Å²) in [5.74, 6) is 0.718. The molecule has 0 spiro atoms. The van der Waals surface area contributed by atoms with Crippen LogP contribution in [0.5, 0.6) is 0 Å². The van der Waals surface area contributed by atoms with Crippen molar-refractivity contribution < 1.29 is 9.59 Å². The molecule has 0 radical (unpaired) electrons. The van der Waals surface area contributed by atoms with Gasteiger partial charge in [0.1, 0.15) is 0 Å². The van der Waals surface area contributed by atoms with Gasteiger partial charge in [0.25, 0.3) is 0 Å². The van der Waals surface area contributed by atoms with Gasteiger partial charge in [-0.1, -0.05) is 47.5 Å². The first-order valence-corrected chi connectivity index (χ1v) is 108. The first-order valence-electron chi connectivity index (χ1n) is 23.0. The molecule has 2 aromatic rings. The summed E-state index contributed by atoms with van der Waals surface area (Å²) in [6.45, 7) is 9.02. The number of piperazine rings is 1. The minimum absolute atomic E-state index is 0.0580. The van der Waals surface area contributed by atoms with E-state index in [0.717, 1.165) is 49.1 Å². The number of hydrogen-bond donors (Lipinski definition) is 0. The predicted molar refractivity (Wildman–Crippen MR) is 613 cm³/mol. The van der Waals surface area contributed by atoms with Gasteiger partial charge >= 0.3 is 0 Å². The van der Waals surface area contributed by atoms with Crippen LogP contribution in [0.1, 0.15) is 57.2 Å². The van der Waals surface area contributed by atoms with E-state index in [4.69, 9.17) is 45.6 Å². The molecule has 2 heterocycles. The van der Waals surface area contributed by atoms with Crippen molar-refractivity contribution >= 4 is 608 Å². The average Bonchev–Trinajstić information content (AvgIpc) is 0.800. The lowest BCUT2D eigenvalue weighted by Gasteiger charge is -2.48. The van der Waals surface area contributed by atoms with Crippen LogP contribution in [-0.2, 0) is 583 Å². The van der Waals surface area contributed by atoms with Gasteiger partial charge in [-0.05, 0) is 68.0 Å². The van der Waals surface area contributed by atoms with Crippen molar-refractivity contribution in [1.29, 1.82) is 0 Å². The molecule has 0 unspecified atom stereocenters. The Morgan fingerprint density at radius 1 is 0.354 bits per heavy atom. The van der Waals surface area contributed by atoms with E-state index in [1.165, 1.54) is 28.9 Å². The van der Waals surface area contributed by atoms with Crippen molar-refractivity contribution in [2.24, 2.45) is 5.92 Å². The van der Waals surface area contributed by atoms with E-state index in [1.54, 1.807) is 113 Å². The van der Waals surface area contributed by atoms with Gasteiger partial charge in [-0.2, -0.15) is 0 Å². The lowest BCUT2D eigenvalue weighted by Crippen LogP contribution is -2.59. The van der Waals surface area contributed by atoms with Gasteiger partial charge in [0, 0.05) is 635 Å². The Labute approximate surface area is 772 Å². The number of benzene rings is 2. The highest BCUT2D eigenvalue weighted by atomic mass is 35.5. The molecular formula is C28H35Cl2N3O2S64. The maximum Gasteiger partial charge on any atom is 0.223 e. The van der Waals surface area contributed by atoms with Crippen LogP contribution in [0.25, 0.3) is 0 Å². The summed E-state index contributed by atoms with van der Waals surface area (Å²) in [5, 5.41) is 1.43. The number of nitrogens with zero attached hydrogens (tertiary/aromatic N) is 3. The Morgan fingerprint density at radius 3 is 0.727 bits per heavy atom. The number of carbonyl (C=O) groups excluding carboxylic acids is 2. The van der Waals surface area contributed by atoms with Crippen LogP contribution < -0.4 is 0 Å². The Bertz CT molecular complexity index is 5990. The fourth-order valence-electron chi connectivity index (χ4n) is 6.46. The van der Waals surface area contributed by atoms with Crippen molar-refractivity contribution in [3.8, 4) is 0 Å². The molecule has 2 aliphatic rings. The molecule has 0 saturated carbocycles. The van der Waals surface area contributed by atoms with Gasteiger partial charge in [-0.25, -0.2) is 0 Å². The minimum Gasteiger partial charge on any atom is -0.343 e. The molecule has 0 bridgehead atoms. The minimum atomic E-state index is 0.0580. The molecule has 2 fully saturated rings. The molecule has 2 aromatic carbocycles. The molecule has 99 heavy (non-hydrogen) atoms. The molecule has 2 atom stereocenters. The highest BCUT2D eigenvalue weighted by molar-refractivity contribution is 8.83. The molecule has 4 rings (SSSR count). The monoisotopic (exact) mass is 2560 g/mol. The molecule has 2 saturated heterocycles. The van der Waals surface area contributed by atoms with E-state index >= 15 is 0 Å². The second kappa shape index (κ2) is 79.8. The maximum absolute atomic E-state index is 13.4. The van der Waals surface area contributed by atoms with Crippen LogP contribution in [0.3, 0.4) is 0 Å². The first-order chi connectivity index (χ1) is 48.6. The summed E-state index contributed by atoms with van der Waals surface area (Å²) < 4.78 is 0. The third-order valence-electron chi connectivity index (χ3n) is 9.19. The summed E-state index contributed by atoms with van der Waals surface area (Å²) in [7, 11) is 111. The topological polar surface area (TPSA) is 43.9 Å². The number of rotatable bonds is 5. The van der Waals surface area contributed by atoms with Crippen LogP contribution in [0.4, 0.5) is 0 Å². The number of hydrogen-bond acceptors (Lipinski definition) is 5. The molecule has 0 N–H and O–H groups in total. The van der Waals surface area contributed by atoms with E-state index < -0.39 is 0 Å². The van der Waals surface area contributed by atoms with E-state index in [1.807, 2.05) is 455 Å². The Kier molecular flexibility index (Phi) is 84.8. The van der Waals surface area contributed by atoms with Gasteiger partial charge in [0.15, 0.2) is 0 Å². The second-order valence-corrected chi connectivity index (χ2v) is 125. The van der Waals surface area contributed by atoms with E-state index in [-0.39, 0.29) is 29.9 Å². The fraction of sp³-hybridized carbons (Fsp3) is 0.500. The Balaban J connectivity index is 0.000000604. The standard InChI is InChI=1S/C28H35Cl2N3O2.S64/c1-19-17-32(28(23-4-8-25(29)9-5-23)24-6-10-26(30)11-7-24)18-20(2)33(19)27(35)16-22-12-14-31(15-13-22)21(3)34;1-3-5-7-9-11-13-15-17-19-21-23-25-27-29-31-33-35-37-39-41-43-45-47-49-51-53-55-57-59-61-63-64-62-60-58-56-54-52-50-48-46-44-42-40-38-36-34-32-30-28-26-24-22-20-18-16-14-12-10-8-6-4-2/h4-11,19-20,22,28H,12-18H2,1-3H3;/t19-,20+;. The van der Waals surface area contributed by atoms with E-state index in [0.29, 0.717) is 12.3 Å². The van der Waals surface area contributed by atoms with Gasteiger partial charge in [-0.15, -0.1) is 0 Å². The van der Waals surface area contributed by atoms with Crippen molar-refractivity contribution in [2.75, 3.05) is 26.2 Å². The first kappa shape index (κ1) is 105. The Hall–Kier alpha value is 12.0. The molecule has 71 heteroatoms. The summed E-state index contributed by atoms with van der Waals surface area (Å²) in [6, 6.07) is 16.3. The van der Waals surface area contributed by atoms with Crippen molar-refractivity contribution in [1.82, 2.24) is 14.7 Å². The molecule has 572 valence electrons. The number of carbonyl (C=O) groups is 2. The number of amides is 2. The summed E-state index contributed by atoms with van der Waals surface area (Å²) in [4.78, 5) is 31.5. The summed E-state index contributed by atoms with van der Waals surface area (Å²) in [6.07, 6.45) is 2.38. The van der Waals surface area contributed by atoms with Crippen LogP contribution in [0, 0.1) is 5.92 Å². The molecule has 2 amide bonds. The average molecular weight is 2570 g/mol. The maximum atomic E-state index is 13.4. The lowest BCUT2D eigenvalue weighted by atomic mass is 9.91. The van der Waals surface area contributed by atoms with Crippen molar-refractivity contribution in [3.05, 3.63) is 69.7 Å². The zero-order chi connectivity index (χ0) is 71.0. The molecule has 0 aromatic heterocycles. The van der Waals surface area contributed by atoms with Gasteiger partial charge in [0.2, 0.25) is 11.8 Å². The summed E-state index contributed by atoms with van der Waals surface area (Å²) >= 11 is 22.0. The van der Waals surface area contributed by atoms with Gasteiger partial charge in [-0.3, -0.25) is 14.5 Å². The lowest BCUT2D eigenvalue weighted by molar-refractivity contribution is -0.141. The summed E-state index contributed by atoms with van der Waals surface area (Å²) in [5.41, 5.74) is 2.35. The van der Waals surface area contributed by atoms with E-state index in [2.05, 4.69) is 47.9 Å². The fourth-order valence-corrected chi connectivity index (χ4v) is 171. The quantitative estimate of drug-likeness (QED) is 0.397. The number of halogens is 2. The molecule has 5 nitrogen and oxygen atoms in total. The molecular weight excluding hydrogens is 2530 g/mol. The van der Waals surface area contributed by atoms with Crippen molar-refractivity contribution in [3.63, 3.8) is 0 Å². The van der Waals surface area contributed by atoms with Crippen LogP contribution >= 0.6 is 23.2 Å². The number of likely N-dealkylation sites (tertiary alicyclic amines) is 1. The van der Waals surface area contributed by atoms with Gasteiger partial charge in [0.05, 0.1) is 6.04 Å². The zero-order valence-corrected chi connectivity index (χ0v) is 101. The highest BCUT2D eigenvalue weighted by Gasteiger charge is 2.37. The largest absolute Gasteiger partial charge is 0.343 e. The molecule has 2 aliphatic heterocycles. The zero-order valence-electron chi connectivity index (χ0n) is 46.9. The van der Waals surface area contributed by atoms with Crippen LogP contribution in [0.15, 0.2) is 48.5 Å². The SMILES string of the molecule is CC(=O)N1CCC(CC(=O)N2[C@H](C)CN(C(c3ccc(Cl)cc3)c3ccc(Cl)cc3)C[C@@H]2C)CC1.S=S=S=S=S=S=S=S=S=S=S=S=S=S=S=S=S=S=S=S=S=S=S=S=S=S=S=S=S=S=S=S=S=S=S=S=S=S=S=S=S=S=S=S=S=S=S=S=S=S=S=S=S=S=S=S=S=S=S=S=S=S=S=S.